The van der Waals surface area contributed by atoms with Crippen molar-refractivity contribution in [1.82, 2.24) is 10.6 Å². The summed E-state index contributed by atoms with van der Waals surface area (Å²) in [5, 5.41) is 6.48. The van der Waals surface area contributed by atoms with E-state index in [1.165, 1.54) is 28.2 Å². The number of amides is 1. The molecule has 122 valence electrons. The van der Waals surface area contributed by atoms with Gasteiger partial charge in [0, 0.05) is 28.4 Å². The normalized spacial score (nSPS) is 17.9. The SMILES string of the molecule is Cc1ccc(CCNC(=O)c2cccc([C@H]3CCCNC3)c2)s1. The molecule has 2 aromatic rings. The van der Waals surface area contributed by atoms with Crippen LogP contribution in [0.1, 0.15) is 44.4 Å². The fourth-order valence-corrected chi connectivity index (χ4v) is 3.98. The van der Waals surface area contributed by atoms with Crippen LogP contribution in [0, 0.1) is 6.92 Å². The Morgan fingerprint density at radius 1 is 1.35 bits per heavy atom. The van der Waals surface area contributed by atoms with E-state index in [0.29, 0.717) is 12.5 Å². The number of thiophene rings is 1. The van der Waals surface area contributed by atoms with E-state index in [9.17, 15) is 4.79 Å². The van der Waals surface area contributed by atoms with Crippen LogP contribution in [0.4, 0.5) is 0 Å². The summed E-state index contributed by atoms with van der Waals surface area (Å²) in [6.45, 7) is 4.92. The zero-order valence-corrected chi connectivity index (χ0v) is 14.4. The lowest BCUT2D eigenvalue weighted by molar-refractivity contribution is 0.0954. The van der Waals surface area contributed by atoms with E-state index in [0.717, 1.165) is 25.1 Å². The minimum atomic E-state index is 0.0314. The van der Waals surface area contributed by atoms with E-state index in [4.69, 9.17) is 0 Å². The first kappa shape index (κ1) is 16.2. The maximum absolute atomic E-state index is 12.4. The van der Waals surface area contributed by atoms with Crippen LogP contribution >= 0.6 is 11.3 Å². The number of hydrogen-bond acceptors (Lipinski definition) is 3. The summed E-state index contributed by atoms with van der Waals surface area (Å²) >= 11 is 1.80. The molecule has 2 N–H and O–H groups in total. The molecule has 4 heteroatoms. The number of benzene rings is 1. The monoisotopic (exact) mass is 328 g/mol. The van der Waals surface area contributed by atoms with Gasteiger partial charge in [0.2, 0.25) is 0 Å². The zero-order chi connectivity index (χ0) is 16.1. The van der Waals surface area contributed by atoms with Gasteiger partial charge >= 0.3 is 0 Å². The molecular weight excluding hydrogens is 304 g/mol. The lowest BCUT2D eigenvalue weighted by Gasteiger charge is -2.23. The van der Waals surface area contributed by atoms with Crippen LogP contribution < -0.4 is 10.6 Å². The first-order valence-corrected chi connectivity index (χ1v) is 9.18. The quantitative estimate of drug-likeness (QED) is 0.882. The molecule has 0 saturated carbocycles. The van der Waals surface area contributed by atoms with E-state index < -0.39 is 0 Å². The van der Waals surface area contributed by atoms with Crippen molar-refractivity contribution in [2.24, 2.45) is 0 Å². The molecule has 1 atom stereocenters. The molecule has 1 aromatic heterocycles. The number of aryl methyl sites for hydroxylation is 1. The summed E-state index contributed by atoms with van der Waals surface area (Å²) in [6, 6.07) is 12.4. The van der Waals surface area contributed by atoms with Crippen molar-refractivity contribution >= 4 is 17.2 Å². The van der Waals surface area contributed by atoms with Gasteiger partial charge in [-0.05, 0) is 68.5 Å². The molecule has 1 fully saturated rings. The Labute approximate surface area is 142 Å². The highest BCUT2D eigenvalue weighted by Crippen LogP contribution is 2.23. The van der Waals surface area contributed by atoms with Gasteiger partial charge in [-0.25, -0.2) is 0 Å². The molecule has 0 radical (unpaired) electrons. The smallest absolute Gasteiger partial charge is 0.251 e. The standard InChI is InChI=1S/C19H24N2OS/c1-14-7-8-18(23-14)9-11-21-19(22)16-5-2-4-15(12-16)17-6-3-10-20-13-17/h2,4-5,7-8,12,17,20H,3,6,9-11,13H2,1H3,(H,21,22)/t17-/m0/s1. The summed E-state index contributed by atoms with van der Waals surface area (Å²) in [4.78, 5) is 15.0. The lowest BCUT2D eigenvalue weighted by atomic mass is 9.90. The third-order valence-electron chi connectivity index (χ3n) is 4.37. The molecule has 0 unspecified atom stereocenters. The second kappa shape index (κ2) is 7.75. The highest BCUT2D eigenvalue weighted by atomic mass is 32.1. The topological polar surface area (TPSA) is 41.1 Å². The second-order valence-electron chi connectivity index (χ2n) is 6.19. The molecule has 1 aliphatic heterocycles. The Hall–Kier alpha value is -1.65. The van der Waals surface area contributed by atoms with Gasteiger partial charge < -0.3 is 10.6 Å². The van der Waals surface area contributed by atoms with Crippen molar-refractivity contribution in [2.75, 3.05) is 19.6 Å². The van der Waals surface area contributed by atoms with Crippen LogP contribution in [0.25, 0.3) is 0 Å². The molecule has 23 heavy (non-hydrogen) atoms. The van der Waals surface area contributed by atoms with Crippen molar-refractivity contribution in [1.29, 1.82) is 0 Å². The summed E-state index contributed by atoms with van der Waals surface area (Å²) in [5.41, 5.74) is 2.05. The third-order valence-corrected chi connectivity index (χ3v) is 5.43. The Morgan fingerprint density at radius 2 is 2.26 bits per heavy atom. The maximum atomic E-state index is 12.4. The Balaban J connectivity index is 1.56. The summed E-state index contributed by atoms with van der Waals surface area (Å²) in [7, 11) is 0. The largest absolute Gasteiger partial charge is 0.352 e. The summed E-state index contributed by atoms with van der Waals surface area (Å²) in [6.07, 6.45) is 3.31. The Bertz CT molecular complexity index is 659. The molecule has 2 heterocycles. The number of hydrogen-bond donors (Lipinski definition) is 2. The van der Waals surface area contributed by atoms with E-state index in [1.54, 1.807) is 11.3 Å². The predicted molar refractivity (Wildman–Crippen MR) is 96.4 cm³/mol. The van der Waals surface area contributed by atoms with Crippen molar-refractivity contribution in [3.05, 3.63) is 57.3 Å². The maximum Gasteiger partial charge on any atom is 0.251 e. The number of nitrogens with one attached hydrogen (secondary N) is 2. The summed E-state index contributed by atoms with van der Waals surface area (Å²) < 4.78 is 0. The van der Waals surface area contributed by atoms with Crippen LogP contribution in [0.15, 0.2) is 36.4 Å². The minimum absolute atomic E-state index is 0.0314. The molecule has 0 aliphatic carbocycles. The molecule has 1 aliphatic rings. The molecule has 0 spiro atoms. The first-order chi connectivity index (χ1) is 11.2. The van der Waals surface area contributed by atoms with E-state index in [-0.39, 0.29) is 5.91 Å². The fraction of sp³-hybridized carbons (Fsp3) is 0.421. The van der Waals surface area contributed by atoms with Gasteiger partial charge in [-0.15, -0.1) is 11.3 Å². The summed E-state index contributed by atoms with van der Waals surface area (Å²) in [5.74, 6) is 0.564. The first-order valence-electron chi connectivity index (χ1n) is 8.36. The number of carbonyl (C=O) groups is 1. The van der Waals surface area contributed by atoms with Crippen LogP contribution in [0.2, 0.25) is 0 Å². The second-order valence-corrected chi connectivity index (χ2v) is 7.56. The number of rotatable bonds is 5. The highest BCUT2D eigenvalue weighted by Gasteiger charge is 2.16. The molecule has 0 bridgehead atoms. The Kier molecular flexibility index (Phi) is 5.47. The van der Waals surface area contributed by atoms with E-state index in [1.807, 2.05) is 12.1 Å². The number of carbonyl (C=O) groups excluding carboxylic acids is 1. The van der Waals surface area contributed by atoms with Crippen molar-refractivity contribution < 1.29 is 4.79 Å². The van der Waals surface area contributed by atoms with Crippen LogP contribution in [-0.2, 0) is 6.42 Å². The van der Waals surface area contributed by atoms with Crippen molar-refractivity contribution in [2.45, 2.75) is 32.1 Å². The highest BCUT2D eigenvalue weighted by molar-refractivity contribution is 7.11. The van der Waals surface area contributed by atoms with E-state index >= 15 is 0 Å². The van der Waals surface area contributed by atoms with Gasteiger partial charge in [-0.2, -0.15) is 0 Å². The van der Waals surface area contributed by atoms with Gasteiger partial charge in [0.05, 0.1) is 0 Å². The molecule has 1 aromatic carbocycles. The lowest BCUT2D eigenvalue weighted by Crippen LogP contribution is -2.29. The average molecular weight is 328 g/mol. The minimum Gasteiger partial charge on any atom is -0.352 e. The Morgan fingerprint density at radius 3 is 3.00 bits per heavy atom. The van der Waals surface area contributed by atoms with Gasteiger partial charge in [-0.3, -0.25) is 4.79 Å². The van der Waals surface area contributed by atoms with Gasteiger partial charge in [0.1, 0.15) is 0 Å². The van der Waals surface area contributed by atoms with Gasteiger partial charge in [-0.1, -0.05) is 12.1 Å². The van der Waals surface area contributed by atoms with Crippen LogP contribution in [-0.4, -0.2) is 25.5 Å². The van der Waals surface area contributed by atoms with Crippen LogP contribution in [0.3, 0.4) is 0 Å². The van der Waals surface area contributed by atoms with E-state index in [2.05, 4.69) is 41.8 Å². The average Bonchev–Trinajstić information content (AvgIpc) is 3.01. The van der Waals surface area contributed by atoms with Crippen molar-refractivity contribution in [3.63, 3.8) is 0 Å². The third kappa shape index (κ3) is 4.43. The molecular formula is C19H24N2OS. The predicted octanol–water partition coefficient (Wildman–Crippen LogP) is 3.50. The van der Waals surface area contributed by atoms with Gasteiger partial charge in [0.15, 0.2) is 0 Å². The zero-order valence-electron chi connectivity index (χ0n) is 13.6. The molecule has 1 amide bonds. The van der Waals surface area contributed by atoms with Crippen LogP contribution in [0.5, 0.6) is 0 Å². The van der Waals surface area contributed by atoms with Crippen molar-refractivity contribution in [3.8, 4) is 0 Å². The molecule has 1 saturated heterocycles. The fourth-order valence-electron chi connectivity index (χ4n) is 3.09. The van der Waals surface area contributed by atoms with Gasteiger partial charge in [0.25, 0.3) is 5.91 Å². The molecule has 3 nitrogen and oxygen atoms in total. The number of piperidine rings is 1. The molecule has 3 rings (SSSR count).